The lowest BCUT2D eigenvalue weighted by Gasteiger charge is -2.11. The summed E-state index contributed by atoms with van der Waals surface area (Å²) in [5, 5.41) is 7.67. The van der Waals surface area contributed by atoms with Crippen LogP contribution in [0.4, 0.5) is 5.69 Å². The minimum atomic E-state index is -0.342. The third-order valence-corrected chi connectivity index (χ3v) is 6.49. The van der Waals surface area contributed by atoms with Gasteiger partial charge in [-0.05, 0) is 59.9 Å². The highest BCUT2D eigenvalue weighted by Gasteiger charge is 2.18. The van der Waals surface area contributed by atoms with E-state index in [1.165, 1.54) is 11.5 Å². The Kier molecular flexibility index (Phi) is 5.97. The lowest BCUT2D eigenvalue weighted by molar-refractivity contribution is 0.0955. The first-order chi connectivity index (χ1) is 16.6. The molecule has 0 spiro atoms. The number of nitrogens with one attached hydrogen (secondary N) is 3. The van der Waals surface area contributed by atoms with E-state index in [1.54, 1.807) is 31.4 Å². The van der Waals surface area contributed by atoms with Crippen molar-refractivity contribution in [3.05, 3.63) is 89.7 Å². The summed E-state index contributed by atoms with van der Waals surface area (Å²) >= 11 is 1.28. The molecule has 5 aromatic rings. The molecule has 3 N–H and O–H groups in total. The summed E-state index contributed by atoms with van der Waals surface area (Å²) in [4.78, 5) is 29.1. The average molecular weight is 471 g/mol. The van der Waals surface area contributed by atoms with Crippen molar-refractivity contribution < 1.29 is 14.3 Å². The van der Waals surface area contributed by atoms with Crippen LogP contribution in [0.15, 0.2) is 72.9 Å². The summed E-state index contributed by atoms with van der Waals surface area (Å²) in [5.74, 6) is 0.192. The topological polar surface area (TPSA) is 96.1 Å². The predicted molar refractivity (Wildman–Crippen MR) is 135 cm³/mol. The van der Waals surface area contributed by atoms with Crippen LogP contribution >= 0.6 is 11.5 Å². The number of para-hydroxylation sites is 1. The number of fused-ring (bicyclic) bond motifs is 2. The number of carbonyl (C=O) groups excluding carboxylic acids is 2. The molecule has 170 valence electrons. The molecule has 0 saturated carbocycles. The maximum atomic E-state index is 12.9. The van der Waals surface area contributed by atoms with Crippen molar-refractivity contribution in [3.63, 3.8) is 0 Å². The molecule has 0 bridgehead atoms. The highest BCUT2D eigenvalue weighted by atomic mass is 32.1. The van der Waals surface area contributed by atoms with Gasteiger partial charge < -0.3 is 20.4 Å². The van der Waals surface area contributed by atoms with Crippen molar-refractivity contribution in [1.82, 2.24) is 14.7 Å². The van der Waals surface area contributed by atoms with E-state index in [0.29, 0.717) is 29.9 Å². The number of ether oxygens (including phenoxy) is 1. The Morgan fingerprint density at radius 3 is 2.71 bits per heavy atom. The van der Waals surface area contributed by atoms with Crippen molar-refractivity contribution in [2.45, 2.75) is 6.42 Å². The summed E-state index contributed by atoms with van der Waals surface area (Å²) in [6, 6.07) is 20.4. The van der Waals surface area contributed by atoms with Gasteiger partial charge in [0.05, 0.1) is 23.1 Å². The van der Waals surface area contributed by atoms with Crippen molar-refractivity contribution in [3.8, 4) is 5.75 Å². The van der Waals surface area contributed by atoms with E-state index in [4.69, 9.17) is 4.74 Å². The summed E-state index contributed by atoms with van der Waals surface area (Å²) in [6.07, 6.45) is 2.60. The van der Waals surface area contributed by atoms with E-state index in [2.05, 4.69) is 20.0 Å². The molecular weight excluding hydrogens is 448 g/mol. The molecule has 34 heavy (non-hydrogen) atoms. The molecule has 3 aromatic carbocycles. The van der Waals surface area contributed by atoms with Crippen LogP contribution in [-0.2, 0) is 6.42 Å². The third kappa shape index (κ3) is 4.23. The van der Waals surface area contributed by atoms with Gasteiger partial charge in [0.15, 0.2) is 0 Å². The zero-order valence-corrected chi connectivity index (χ0v) is 19.2. The minimum absolute atomic E-state index is 0.253. The summed E-state index contributed by atoms with van der Waals surface area (Å²) < 4.78 is 10.6. The molecule has 2 amide bonds. The number of methoxy groups -OCH3 is 1. The van der Waals surface area contributed by atoms with Crippen LogP contribution in [-0.4, -0.2) is 34.8 Å². The van der Waals surface area contributed by atoms with Gasteiger partial charge in [-0.3, -0.25) is 9.59 Å². The molecule has 8 heteroatoms. The van der Waals surface area contributed by atoms with Gasteiger partial charge in [-0.1, -0.05) is 30.3 Å². The summed E-state index contributed by atoms with van der Waals surface area (Å²) in [7, 11) is 1.64. The number of aromatic amines is 1. The molecule has 2 heterocycles. The van der Waals surface area contributed by atoms with Crippen LogP contribution in [0, 0.1) is 0 Å². The van der Waals surface area contributed by atoms with Crippen molar-refractivity contribution >= 4 is 50.0 Å². The SMILES string of the molecule is COc1ccc2[nH]cc(CCNC(=O)c3ccccc3NC(=O)c3nsc4ccccc34)c2c1. The quantitative estimate of drug-likeness (QED) is 0.312. The van der Waals surface area contributed by atoms with Crippen LogP contribution in [0.3, 0.4) is 0 Å². The Morgan fingerprint density at radius 1 is 1.00 bits per heavy atom. The largest absolute Gasteiger partial charge is 0.497 e. The molecule has 0 atom stereocenters. The second-order valence-corrected chi connectivity index (χ2v) is 8.56. The van der Waals surface area contributed by atoms with E-state index in [0.717, 1.165) is 32.3 Å². The molecule has 0 fully saturated rings. The van der Waals surface area contributed by atoms with Crippen LogP contribution in [0.5, 0.6) is 5.75 Å². The first-order valence-electron chi connectivity index (χ1n) is 10.8. The summed E-state index contributed by atoms with van der Waals surface area (Å²) in [5.41, 5.74) is 3.30. The Hall–Kier alpha value is -4.17. The van der Waals surface area contributed by atoms with Gasteiger partial charge in [0.1, 0.15) is 11.4 Å². The maximum absolute atomic E-state index is 12.9. The van der Waals surface area contributed by atoms with Gasteiger partial charge in [-0.25, -0.2) is 0 Å². The Balaban J connectivity index is 1.28. The smallest absolute Gasteiger partial charge is 0.276 e. The fourth-order valence-corrected chi connectivity index (χ4v) is 4.69. The lowest BCUT2D eigenvalue weighted by atomic mass is 10.1. The van der Waals surface area contributed by atoms with Gasteiger partial charge >= 0.3 is 0 Å². The number of H-pyrrole nitrogens is 1. The van der Waals surface area contributed by atoms with Gasteiger partial charge in [0, 0.05) is 29.0 Å². The highest BCUT2D eigenvalue weighted by Crippen LogP contribution is 2.25. The van der Waals surface area contributed by atoms with Crippen LogP contribution in [0.25, 0.3) is 21.0 Å². The van der Waals surface area contributed by atoms with E-state index in [1.807, 2.05) is 48.7 Å². The van der Waals surface area contributed by atoms with Crippen LogP contribution in [0.2, 0.25) is 0 Å². The monoisotopic (exact) mass is 470 g/mol. The first kappa shape index (κ1) is 21.7. The van der Waals surface area contributed by atoms with Gasteiger partial charge in [0.2, 0.25) is 0 Å². The number of anilines is 1. The fourth-order valence-electron chi connectivity index (χ4n) is 3.92. The number of hydrogen-bond acceptors (Lipinski definition) is 5. The van der Waals surface area contributed by atoms with E-state index >= 15 is 0 Å². The number of nitrogens with zero attached hydrogens (tertiary/aromatic N) is 1. The number of benzene rings is 3. The number of rotatable bonds is 7. The number of aromatic nitrogens is 2. The number of amides is 2. The molecule has 2 aromatic heterocycles. The van der Waals surface area contributed by atoms with Crippen molar-refractivity contribution in [2.75, 3.05) is 19.0 Å². The second-order valence-electron chi connectivity index (χ2n) is 7.76. The second kappa shape index (κ2) is 9.36. The normalized spacial score (nSPS) is 11.0. The molecule has 7 nitrogen and oxygen atoms in total. The van der Waals surface area contributed by atoms with Crippen molar-refractivity contribution in [2.24, 2.45) is 0 Å². The Labute approximate surface area is 199 Å². The highest BCUT2D eigenvalue weighted by molar-refractivity contribution is 7.13. The number of carbonyl (C=O) groups is 2. The first-order valence-corrected chi connectivity index (χ1v) is 11.6. The average Bonchev–Trinajstić information content (AvgIpc) is 3.48. The van der Waals surface area contributed by atoms with E-state index in [9.17, 15) is 9.59 Å². The zero-order chi connectivity index (χ0) is 23.5. The van der Waals surface area contributed by atoms with Crippen molar-refractivity contribution in [1.29, 1.82) is 0 Å². The van der Waals surface area contributed by atoms with Gasteiger partial charge in [-0.15, -0.1) is 0 Å². The van der Waals surface area contributed by atoms with E-state index in [-0.39, 0.29) is 11.8 Å². The Morgan fingerprint density at radius 2 is 1.82 bits per heavy atom. The summed E-state index contributed by atoms with van der Waals surface area (Å²) in [6.45, 7) is 0.446. The van der Waals surface area contributed by atoms with Crippen LogP contribution in [0.1, 0.15) is 26.4 Å². The van der Waals surface area contributed by atoms with Gasteiger partial charge in [0.25, 0.3) is 11.8 Å². The standard InChI is InChI=1S/C26H22N4O3S/c1-33-17-10-11-21-20(14-17)16(15-28-21)12-13-27-25(31)18-6-2-4-8-22(18)29-26(32)24-19-7-3-5-9-23(19)34-30-24/h2-11,14-15,28H,12-13H2,1H3,(H,27,31)(H,29,32). The fraction of sp³-hybridized carbons (Fsp3) is 0.115. The predicted octanol–water partition coefficient (Wildman–Crippen LogP) is 5.01. The van der Waals surface area contributed by atoms with E-state index < -0.39 is 0 Å². The zero-order valence-electron chi connectivity index (χ0n) is 18.4. The van der Waals surface area contributed by atoms with Gasteiger partial charge in [-0.2, -0.15) is 4.37 Å². The van der Waals surface area contributed by atoms with Crippen LogP contribution < -0.4 is 15.4 Å². The Bertz CT molecular complexity index is 1500. The molecule has 5 rings (SSSR count). The maximum Gasteiger partial charge on any atom is 0.276 e. The molecule has 0 saturated heterocycles. The molecule has 0 radical (unpaired) electrons. The molecule has 0 aliphatic rings. The molecule has 0 unspecified atom stereocenters. The lowest BCUT2D eigenvalue weighted by Crippen LogP contribution is -2.27. The molecular formula is C26H22N4O3S. The third-order valence-electron chi connectivity index (χ3n) is 5.67. The minimum Gasteiger partial charge on any atom is -0.497 e. The molecule has 0 aliphatic heterocycles. The number of hydrogen-bond donors (Lipinski definition) is 3. The molecule has 0 aliphatic carbocycles.